The molecule has 0 spiro atoms. The average Bonchev–Trinajstić information content (AvgIpc) is 2.13. The molecule has 2 heteroatoms. The van der Waals surface area contributed by atoms with Crippen LogP contribution in [0.1, 0.15) is 39.3 Å². The van der Waals surface area contributed by atoms with Crippen molar-refractivity contribution >= 4 is 5.76 Å². The maximum atomic E-state index is 7.54. The molecule has 2 nitrogen and oxygen atoms in total. The molecule has 0 unspecified atom stereocenters. The predicted octanol–water partition coefficient (Wildman–Crippen LogP) is 2.96. The first-order chi connectivity index (χ1) is 6.92. The molecule has 1 aliphatic rings. The maximum absolute atomic E-state index is 7.54. The van der Waals surface area contributed by atoms with Gasteiger partial charge in [0, 0.05) is 17.7 Å². The molecule has 0 aromatic carbocycles. The van der Waals surface area contributed by atoms with Gasteiger partial charge in [0.25, 0.3) is 0 Å². The number of hydrogen-bond acceptors (Lipinski definition) is 2. The lowest BCUT2D eigenvalue weighted by Gasteiger charge is -2.38. The van der Waals surface area contributed by atoms with E-state index in [9.17, 15) is 0 Å². The van der Waals surface area contributed by atoms with Crippen molar-refractivity contribution in [1.82, 2.24) is 4.98 Å². The number of aromatic nitrogens is 1. The normalized spacial score (nSPS) is 24.9. The van der Waals surface area contributed by atoms with Crippen LogP contribution >= 0.6 is 0 Å². The highest BCUT2D eigenvalue weighted by molar-refractivity contribution is 5.62. The summed E-state index contributed by atoms with van der Waals surface area (Å²) >= 11 is 0. The molecule has 2 heterocycles. The highest BCUT2D eigenvalue weighted by atomic mass is 16.5. The van der Waals surface area contributed by atoms with Crippen molar-refractivity contribution in [2.24, 2.45) is 0 Å². The number of fused-ring (bicyclic) bond motifs is 1. The molecular weight excluding hydrogens is 174 g/mol. The first-order valence-corrected chi connectivity index (χ1v) is 4.77. The van der Waals surface area contributed by atoms with Crippen LogP contribution in [-0.2, 0) is 4.74 Å². The van der Waals surface area contributed by atoms with Gasteiger partial charge in [-0.05, 0) is 26.0 Å². The summed E-state index contributed by atoms with van der Waals surface area (Å²) < 4.78 is 13.3. The third-order valence-electron chi connectivity index (χ3n) is 2.93. The van der Waals surface area contributed by atoms with Crippen LogP contribution < -0.4 is 0 Å². The Morgan fingerprint density at radius 3 is 3.07 bits per heavy atom. The van der Waals surface area contributed by atoms with Gasteiger partial charge in [0.1, 0.15) is 11.4 Å². The smallest absolute Gasteiger partial charge is 0.122 e. The molecule has 0 saturated carbocycles. The molecule has 1 aromatic heterocycles. The van der Waals surface area contributed by atoms with Crippen molar-refractivity contribution in [2.45, 2.75) is 32.3 Å². The molecule has 0 radical (unpaired) electrons. The fraction of sp³-hybridized carbons (Fsp3) is 0.417. The van der Waals surface area contributed by atoms with Gasteiger partial charge >= 0.3 is 0 Å². The minimum atomic E-state index is -0.301. The fourth-order valence-corrected chi connectivity index (χ4v) is 1.73. The van der Waals surface area contributed by atoms with E-state index in [-0.39, 0.29) is 11.5 Å². The van der Waals surface area contributed by atoms with Gasteiger partial charge in [0.05, 0.1) is 7.06 Å². The number of pyridine rings is 1. The zero-order valence-electron chi connectivity index (χ0n) is 9.79. The second kappa shape index (κ2) is 2.84. The van der Waals surface area contributed by atoms with Gasteiger partial charge < -0.3 is 4.74 Å². The largest absolute Gasteiger partial charge is 0.487 e. The Bertz CT molecular complexity index is 426. The van der Waals surface area contributed by atoms with Gasteiger partial charge in [0.2, 0.25) is 0 Å². The molecule has 1 atom stereocenters. The van der Waals surface area contributed by atoms with E-state index in [0.29, 0.717) is 11.9 Å². The minimum absolute atomic E-state index is 0.170. The molecule has 0 amide bonds. The topological polar surface area (TPSA) is 22.1 Å². The third kappa shape index (κ3) is 1.22. The van der Waals surface area contributed by atoms with E-state index in [1.807, 2.05) is 19.9 Å². The highest BCUT2D eigenvalue weighted by Crippen LogP contribution is 2.41. The van der Waals surface area contributed by atoms with Gasteiger partial charge in [-0.3, -0.25) is 4.98 Å². The van der Waals surface area contributed by atoms with Gasteiger partial charge in [0.15, 0.2) is 0 Å². The van der Waals surface area contributed by atoms with Crippen LogP contribution in [0.15, 0.2) is 24.9 Å². The van der Waals surface area contributed by atoms with E-state index in [4.69, 9.17) is 6.11 Å². The van der Waals surface area contributed by atoms with Crippen molar-refractivity contribution in [2.75, 3.05) is 0 Å². The van der Waals surface area contributed by atoms with E-state index >= 15 is 0 Å². The summed E-state index contributed by atoms with van der Waals surface area (Å²) in [6.45, 7) is 9.99. The Hall–Kier alpha value is -1.31. The van der Waals surface area contributed by atoms with Gasteiger partial charge in [-0.2, -0.15) is 0 Å². The molecule has 14 heavy (non-hydrogen) atoms. The SMILES string of the molecule is [2H]c1ccc2c(n1)[C@H](C)C(C)(C)OC2=C. The van der Waals surface area contributed by atoms with Gasteiger partial charge in [-0.15, -0.1) is 0 Å². The summed E-state index contributed by atoms with van der Waals surface area (Å²) in [6.07, 6.45) is 0.297. The molecule has 2 rings (SSSR count). The van der Waals surface area contributed by atoms with Crippen LogP contribution in [0.2, 0.25) is 0 Å². The molecular formula is C12H15NO. The molecule has 0 N–H and O–H groups in total. The van der Waals surface area contributed by atoms with Crippen molar-refractivity contribution in [3.05, 3.63) is 36.1 Å². The molecule has 74 valence electrons. The first-order valence-electron chi connectivity index (χ1n) is 5.27. The standard InChI is InChI=1S/C12H15NO/c1-8-11-10(6-5-7-13-11)9(2)14-12(8,3)4/h5-8H,2H2,1,3-4H3/t8-/m0/s1/i7D. The van der Waals surface area contributed by atoms with Crippen LogP contribution in [0.3, 0.4) is 0 Å². The van der Waals surface area contributed by atoms with E-state index in [0.717, 1.165) is 11.3 Å². The summed E-state index contributed by atoms with van der Waals surface area (Å²) in [4.78, 5) is 4.27. The summed E-state index contributed by atoms with van der Waals surface area (Å²) in [7, 11) is 0. The second-order valence-corrected chi connectivity index (χ2v) is 4.22. The molecule has 0 bridgehead atoms. The highest BCUT2D eigenvalue weighted by Gasteiger charge is 2.36. The lowest BCUT2D eigenvalue weighted by molar-refractivity contribution is 0.0434. The molecule has 0 fully saturated rings. The van der Waals surface area contributed by atoms with E-state index < -0.39 is 0 Å². The van der Waals surface area contributed by atoms with Crippen molar-refractivity contribution in [1.29, 1.82) is 0 Å². The van der Waals surface area contributed by atoms with Crippen molar-refractivity contribution < 1.29 is 6.11 Å². The Morgan fingerprint density at radius 2 is 2.36 bits per heavy atom. The monoisotopic (exact) mass is 190 g/mol. The number of nitrogens with zero attached hydrogens (tertiary/aromatic N) is 1. The Kier molecular flexibility index (Phi) is 1.63. The predicted molar refractivity (Wildman–Crippen MR) is 56.9 cm³/mol. The first kappa shape index (κ1) is 8.04. The Balaban J connectivity index is 2.60. The number of hydrogen-bond donors (Lipinski definition) is 0. The number of rotatable bonds is 0. The van der Waals surface area contributed by atoms with E-state index in [1.54, 1.807) is 6.07 Å². The van der Waals surface area contributed by atoms with Gasteiger partial charge in [-0.25, -0.2) is 0 Å². The third-order valence-corrected chi connectivity index (χ3v) is 2.93. The molecule has 1 aliphatic heterocycles. The Labute approximate surface area is 86.0 Å². The van der Waals surface area contributed by atoms with Crippen molar-refractivity contribution in [3.63, 3.8) is 0 Å². The lowest BCUT2D eigenvalue weighted by Crippen LogP contribution is -2.35. The number of ether oxygens (including phenoxy) is 1. The second-order valence-electron chi connectivity index (χ2n) is 4.22. The zero-order valence-corrected chi connectivity index (χ0v) is 8.79. The summed E-state index contributed by atoms with van der Waals surface area (Å²) in [5, 5.41) is 0. The van der Waals surface area contributed by atoms with Crippen LogP contribution in [0.4, 0.5) is 0 Å². The zero-order chi connectivity index (χ0) is 11.2. The maximum Gasteiger partial charge on any atom is 0.122 e. The molecule has 1 aromatic rings. The van der Waals surface area contributed by atoms with Crippen LogP contribution in [-0.4, -0.2) is 10.6 Å². The summed E-state index contributed by atoms with van der Waals surface area (Å²) in [5.74, 6) is 0.823. The quantitative estimate of drug-likeness (QED) is 0.627. The van der Waals surface area contributed by atoms with Gasteiger partial charge in [-0.1, -0.05) is 13.5 Å². The van der Waals surface area contributed by atoms with Crippen LogP contribution in [0.5, 0.6) is 0 Å². The fourth-order valence-electron chi connectivity index (χ4n) is 1.73. The van der Waals surface area contributed by atoms with Crippen LogP contribution in [0.25, 0.3) is 5.76 Å². The van der Waals surface area contributed by atoms with Crippen LogP contribution in [0, 0.1) is 0 Å². The summed E-state index contributed by atoms with van der Waals surface area (Å²) in [6, 6.07) is 3.52. The minimum Gasteiger partial charge on any atom is -0.487 e. The molecule has 0 aliphatic carbocycles. The summed E-state index contributed by atoms with van der Waals surface area (Å²) in [5.41, 5.74) is 1.55. The van der Waals surface area contributed by atoms with E-state index in [2.05, 4.69) is 18.5 Å². The Morgan fingerprint density at radius 1 is 1.64 bits per heavy atom. The molecule has 0 saturated heterocycles. The lowest BCUT2D eigenvalue weighted by atomic mass is 9.84. The van der Waals surface area contributed by atoms with E-state index in [1.165, 1.54) is 0 Å². The average molecular weight is 190 g/mol. The van der Waals surface area contributed by atoms with Crippen molar-refractivity contribution in [3.8, 4) is 0 Å².